The molecule has 0 aromatic heterocycles. The maximum Gasteiger partial charge on any atom is 0.680 e. The van der Waals surface area contributed by atoms with Crippen molar-refractivity contribution in [2.45, 2.75) is 25.7 Å². The smallest absolute Gasteiger partial charge is 0.371 e. The van der Waals surface area contributed by atoms with Crippen LogP contribution in [-0.2, 0) is 27.2 Å². The van der Waals surface area contributed by atoms with Gasteiger partial charge in [-0.15, -0.1) is 0 Å². The van der Waals surface area contributed by atoms with Crippen molar-refractivity contribution in [1.82, 2.24) is 0 Å². The Hall–Kier alpha value is -0.0231. The van der Waals surface area contributed by atoms with Crippen LogP contribution in [0.15, 0.2) is 0 Å². The summed E-state index contributed by atoms with van der Waals surface area (Å²) in [4.78, 5) is 0. The molecule has 0 spiro atoms. The van der Waals surface area contributed by atoms with Crippen LogP contribution in [0, 0.1) is 0 Å². The predicted molar refractivity (Wildman–Crippen MR) is 57.6 cm³/mol. The van der Waals surface area contributed by atoms with E-state index in [1.807, 2.05) is 6.92 Å². The minimum Gasteiger partial charge on any atom is -0.371 e. The van der Waals surface area contributed by atoms with E-state index in [-0.39, 0.29) is 6.10 Å². The fourth-order valence-electron chi connectivity index (χ4n) is 1.17. The number of hydrogen-bond acceptors (Lipinski definition) is 6. The molecule has 1 heterocycles. The van der Waals surface area contributed by atoms with Gasteiger partial charge in [-0.25, -0.2) is 0 Å². The zero-order valence-electron chi connectivity index (χ0n) is 10.2. The number of epoxide rings is 1. The highest BCUT2D eigenvalue weighted by Gasteiger charge is 2.45. The SMILES string of the molecule is CCC(OCC1CO1)O[Si](OC)(OC)OC. The maximum absolute atomic E-state index is 5.61. The lowest BCUT2D eigenvalue weighted by Crippen LogP contribution is -2.49. The predicted octanol–water partition coefficient (Wildman–Crippen LogP) is 0.529. The van der Waals surface area contributed by atoms with Crippen molar-refractivity contribution in [3.05, 3.63) is 0 Å². The van der Waals surface area contributed by atoms with E-state index in [4.69, 9.17) is 27.2 Å². The van der Waals surface area contributed by atoms with Crippen LogP contribution in [-0.4, -0.2) is 56.0 Å². The summed E-state index contributed by atoms with van der Waals surface area (Å²) in [6.07, 6.45) is 0.509. The fraction of sp³-hybridized carbons (Fsp3) is 1.00. The second-order valence-electron chi connectivity index (χ2n) is 3.36. The number of rotatable bonds is 9. The van der Waals surface area contributed by atoms with Gasteiger partial charge < -0.3 is 27.2 Å². The molecule has 0 bridgehead atoms. The van der Waals surface area contributed by atoms with Crippen molar-refractivity contribution in [2.24, 2.45) is 0 Å². The molecule has 2 atom stereocenters. The van der Waals surface area contributed by atoms with Gasteiger partial charge in [0.15, 0.2) is 6.29 Å². The maximum atomic E-state index is 5.61. The van der Waals surface area contributed by atoms with Gasteiger partial charge in [0.2, 0.25) is 0 Å². The number of hydrogen-bond donors (Lipinski definition) is 0. The molecule has 0 aromatic rings. The van der Waals surface area contributed by atoms with Gasteiger partial charge in [-0.3, -0.25) is 0 Å². The van der Waals surface area contributed by atoms with Crippen molar-refractivity contribution in [3.63, 3.8) is 0 Å². The van der Waals surface area contributed by atoms with Crippen LogP contribution in [0.5, 0.6) is 0 Å². The second-order valence-corrected chi connectivity index (χ2v) is 5.82. The molecule has 1 aliphatic rings. The number of ether oxygens (including phenoxy) is 2. The van der Waals surface area contributed by atoms with Gasteiger partial charge in [0.1, 0.15) is 6.10 Å². The molecule has 1 aliphatic heterocycles. The third-order valence-corrected chi connectivity index (χ3v) is 4.28. The van der Waals surface area contributed by atoms with E-state index >= 15 is 0 Å². The van der Waals surface area contributed by atoms with E-state index in [1.165, 1.54) is 21.3 Å². The molecule has 2 unspecified atom stereocenters. The largest absolute Gasteiger partial charge is 0.680 e. The lowest BCUT2D eigenvalue weighted by Gasteiger charge is -2.27. The van der Waals surface area contributed by atoms with Gasteiger partial charge in [0.05, 0.1) is 13.2 Å². The first-order chi connectivity index (χ1) is 7.69. The summed E-state index contributed by atoms with van der Waals surface area (Å²) in [5.41, 5.74) is 0. The molecule has 96 valence electrons. The summed E-state index contributed by atoms with van der Waals surface area (Å²) in [6.45, 7) is 3.25. The Morgan fingerprint density at radius 3 is 2.19 bits per heavy atom. The molecule has 6 nitrogen and oxygen atoms in total. The van der Waals surface area contributed by atoms with Crippen molar-refractivity contribution in [3.8, 4) is 0 Å². The van der Waals surface area contributed by atoms with E-state index in [0.717, 1.165) is 6.61 Å². The minimum absolute atomic E-state index is 0.210. The molecule has 0 N–H and O–H groups in total. The van der Waals surface area contributed by atoms with Crippen molar-refractivity contribution in [1.29, 1.82) is 0 Å². The van der Waals surface area contributed by atoms with Gasteiger partial charge in [0.25, 0.3) is 0 Å². The van der Waals surface area contributed by atoms with E-state index < -0.39 is 15.3 Å². The standard InChI is InChI=1S/C9H20O6Si/c1-5-9(14-7-8-6-13-8)15-16(10-2,11-3)12-4/h8-9H,5-7H2,1-4H3. The molecule has 1 saturated heterocycles. The van der Waals surface area contributed by atoms with Crippen molar-refractivity contribution < 1.29 is 27.2 Å². The van der Waals surface area contributed by atoms with Gasteiger partial charge in [0, 0.05) is 21.3 Å². The fourth-order valence-corrected chi connectivity index (χ4v) is 2.51. The van der Waals surface area contributed by atoms with E-state index in [1.54, 1.807) is 0 Å². The van der Waals surface area contributed by atoms with Gasteiger partial charge in [-0.05, 0) is 6.42 Å². The van der Waals surface area contributed by atoms with Crippen LogP contribution < -0.4 is 0 Å². The molecule has 16 heavy (non-hydrogen) atoms. The Balaban J connectivity index is 2.38. The highest BCUT2D eigenvalue weighted by molar-refractivity contribution is 6.53. The van der Waals surface area contributed by atoms with Gasteiger partial charge >= 0.3 is 9.05 Å². The molecule has 1 fully saturated rings. The van der Waals surface area contributed by atoms with Crippen LogP contribution in [0.1, 0.15) is 13.3 Å². The Labute approximate surface area is 97.2 Å². The summed E-state index contributed by atoms with van der Waals surface area (Å²) in [5.74, 6) is 0. The first kappa shape index (κ1) is 14.0. The molecule has 0 aromatic carbocycles. The highest BCUT2D eigenvalue weighted by atomic mass is 28.4. The highest BCUT2D eigenvalue weighted by Crippen LogP contribution is 2.16. The molecule has 7 heteroatoms. The van der Waals surface area contributed by atoms with Crippen LogP contribution in [0.4, 0.5) is 0 Å². The zero-order valence-corrected chi connectivity index (χ0v) is 11.2. The summed E-state index contributed by atoms with van der Waals surface area (Å²) >= 11 is 0. The zero-order chi connectivity index (χ0) is 12.0. The van der Waals surface area contributed by atoms with Gasteiger partial charge in [-0.1, -0.05) is 6.92 Å². The first-order valence-electron chi connectivity index (χ1n) is 5.26. The third-order valence-electron chi connectivity index (χ3n) is 2.23. The minimum atomic E-state index is -3.02. The Morgan fingerprint density at radius 1 is 1.25 bits per heavy atom. The quantitative estimate of drug-likeness (QED) is 0.339. The molecule has 0 radical (unpaired) electrons. The molecular formula is C9H20O6Si. The normalized spacial score (nSPS) is 22.1. The van der Waals surface area contributed by atoms with Gasteiger partial charge in [-0.2, -0.15) is 0 Å². The monoisotopic (exact) mass is 252 g/mol. The van der Waals surface area contributed by atoms with Crippen LogP contribution >= 0.6 is 0 Å². The third kappa shape index (κ3) is 4.09. The summed E-state index contributed by atoms with van der Waals surface area (Å²) < 4.78 is 31.6. The molecule has 0 saturated carbocycles. The lowest BCUT2D eigenvalue weighted by atomic mass is 10.4. The van der Waals surface area contributed by atoms with Crippen LogP contribution in [0.2, 0.25) is 0 Å². The second kappa shape index (κ2) is 6.65. The van der Waals surface area contributed by atoms with Crippen LogP contribution in [0.3, 0.4) is 0 Å². The Morgan fingerprint density at radius 2 is 1.81 bits per heavy atom. The lowest BCUT2D eigenvalue weighted by molar-refractivity contribution is -0.143. The average molecular weight is 252 g/mol. The summed E-state index contributed by atoms with van der Waals surface area (Å²) in [7, 11) is 1.47. The van der Waals surface area contributed by atoms with Crippen molar-refractivity contribution >= 4 is 9.05 Å². The van der Waals surface area contributed by atoms with E-state index in [0.29, 0.717) is 13.0 Å². The Kier molecular flexibility index (Phi) is 5.83. The molecule has 1 rings (SSSR count). The first-order valence-corrected chi connectivity index (χ1v) is 6.89. The van der Waals surface area contributed by atoms with Crippen molar-refractivity contribution in [2.75, 3.05) is 34.5 Å². The summed E-state index contributed by atoms with van der Waals surface area (Å²) in [6, 6.07) is 0. The Bertz CT molecular complexity index is 186. The molecule has 0 aliphatic carbocycles. The molecular weight excluding hydrogens is 232 g/mol. The topological polar surface area (TPSA) is 58.7 Å². The van der Waals surface area contributed by atoms with E-state index in [9.17, 15) is 0 Å². The molecule has 0 amide bonds. The van der Waals surface area contributed by atoms with E-state index in [2.05, 4.69) is 0 Å². The van der Waals surface area contributed by atoms with Crippen LogP contribution in [0.25, 0.3) is 0 Å². The summed E-state index contributed by atoms with van der Waals surface area (Å²) in [5, 5.41) is 0. The average Bonchev–Trinajstić information content (AvgIpc) is 3.14.